The quantitative estimate of drug-likeness (QED) is 0.776. The highest BCUT2D eigenvalue weighted by molar-refractivity contribution is 6.36. The third-order valence-electron chi connectivity index (χ3n) is 2.46. The van der Waals surface area contributed by atoms with Crippen molar-refractivity contribution in [2.45, 2.75) is 6.10 Å². The summed E-state index contributed by atoms with van der Waals surface area (Å²) in [5.41, 5.74) is 0.898. The second-order valence-electron chi connectivity index (χ2n) is 3.53. The van der Waals surface area contributed by atoms with Crippen molar-refractivity contribution >= 4 is 28.9 Å². The highest BCUT2D eigenvalue weighted by Gasteiger charge is 2.21. The van der Waals surface area contributed by atoms with Crippen LogP contribution in [0.15, 0.2) is 18.2 Å². The van der Waals surface area contributed by atoms with Crippen LogP contribution in [0.5, 0.6) is 0 Å². The van der Waals surface area contributed by atoms with E-state index >= 15 is 0 Å². The van der Waals surface area contributed by atoms with Crippen LogP contribution in [0.4, 0.5) is 5.69 Å². The topological polar surface area (TPSA) is 36.3 Å². The minimum absolute atomic E-state index is 0.388. The molecule has 1 aliphatic heterocycles. The molecule has 0 N–H and O–H groups in total. The second-order valence-corrected chi connectivity index (χ2v) is 4.37. The van der Waals surface area contributed by atoms with Gasteiger partial charge in [-0.2, -0.15) is 5.26 Å². The largest absolute Gasteiger partial charge is 0.364 e. The number of ether oxygens (including phenoxy) is 1. The van der Waals surface area contributed by atoms with Gasteiger partial charge in [0.1, 0.15) is 0 Å². The highest BCUT2D eigenvalue weighted by Crippen LogP contribution is 2.29. The Morgan fingerprint density at radius 2 is 2.25 bits per heavy atom. The molecule has 0 bridgehead atoms. The number of halogens is 2. The SMILES string of the molecule is N#CC1CN(c2ccc(Cl)cc2Cl)CCO1. The molecule has 1 aliphatic rings. The van der Waals surface area contributed by atoms with Crippen molar-refractivity contribution in [1.29, 1.82) is 5.26 Å². The van der Waals surface area contributed by atoms with Crippen LogP contribution in [-0.4, -0.2) is 25.8 Å². The van der Waals surface area contributed by atoms with Gasteiger partial charge in [0, 0.05) is 11.6 Å². The molecule has 0 spiro atoms. The maximum Gasteiger partial charge on any atom is 0.161 e. The summed E-state index contributed by atoms with van der Waals surface area (Å²) < 4.78 is 5.27. The van der Waals surface area contributed by atoms with Crippen molar-refractivity contribution in [3.05, 3.63) is 28.2 Å². The van der Waals surface area contributed by atoms with Gasteiger partial charge in [0.15, 0.2) is 6.10 Å². The summed E-state index contributed by atoms with van der Waals surface area (Å²) >= 11 is 11.9. The van der Waals surface area contributed by atoms with Gasteiger partial charge in [0.25, 0.3) is 0 Å². The van der Waals surface area contributed by atoms with Crippen molar-refractivity contribution in [3.8, 4) is 6.07 Å². The number of hydrogen-bond acceptors (Lipinski definition) is 3. The Hall–Kier alpha value is -0.950. The Balaban J connectivity index is 2.20. The van der Waals surface area contributed by atoms with Crippen LogP contribution in [0.1, 0.15) is 0 Å². The molecule has 1 aromatic rings. The number of rotatable bonds is 1. The molecule has 84 valence electrons. The molecular formula is C11H10Cl2N2O. The van der Waals surface area contributed by atoms with Crippen LogP contribution in [0, 0.1) is 11.3 Å². The van der Waals surface area contributed by atoms with Gasteiger partial charge in [-0.3, -0.25) is 0 Å². The number of benzene rings is 1. The lowest BCUT2D eigenvalue weighted by Crippen LogP contribution is -2.41. The van der Waals surface area contributed by atoms with Crippen molar-refractivity contribution in [3.63, 3.8) is 0 Å². The first-order valence-corrected chi connectivity index (χ1v) is 5.67. The zero-order valence-corrected chi connectivity index (χ0v) is 10.0. The van der Waals surface area contributed by atoms with Crippen LogP contribution >= 0.6 is 23.2 Å². The fraction of sp³-hybridized carbons (Fsp3) is 0.364. The molecule has 3 nitrogen and oxygen atoms in total. The standard InChI is InChI=1S/C11H10Cl2N2O/c12-8-1-2-11(10(13)5-8)15-3-4-16-9(6-14)7-15/h1-2,5,9H,3-4,7H2. The van der Waals surface area contributed by atoms with E-state index in [0.717, 1.165) is 12.2 Å². The van der Waals surface area contributed by atoms with Gasteiger partial charge >= 0.3 is 0 Å². The van der Waals surface area contributed by atoms with Gasteiger partial charge in [0.05, 0.1) is 29.9 Å². The van der Waals surface area contributed by atoms with E-state index < -0.39 is 0 Å². The Morgan fingerprint density at radius 3 is 2.94 bits per heavy atom. The monoisotopic (exact) mass is 256 g/mol. The van der Waals surface area contributed by atoms with Crippen molar-refractivity contribution in [1.82, 2.24) is 0 Å². The first kappa shape index (κ1) is 11.5. The lowest BCUT2D eigenvalue weighted by atomic mass is 10.2. The first-order chi connectivity index (χ1) is 7.70. The van der Waals surface area contributed by atoms with Gasteiger partial charge in [-0.1, -0.05) is 23.2 Å². The van der Waals surface area contributed by atoms with Crippen LogP contribution in [0.2, 0.25) is 10.0 Å². The van der Waals surface area contributed by atoms with Gasteiger partial charge in [-0.15, -0.1) is 0 Å². The van der Waals surface area contributed by atoms with E-state index in [2.05, 4.69) is 6.07 Å². The van der Waals surface area contributed by atoms with Crippen LogP contribution in [0.3, 0.4) is 0 Å². The van der Waals surface area contributed by atoms with E-state index in [9.17, 15) is 0 Å². The van der Waals surface area contributed by atoms with Gasteiger partial charge in [0.2, 0.25) is 0 Å². The van der Waals surface area contributed by atoms with Crippen LogP contribution in [0.25, 0.3) is 0 Å². The van der Waals surface area contributed by atoms with Crippen molar-refractivity contribution in [2.24, 2.45) is 0 Å². The smallest absolute Gasteiger partial charge is 0.161 e. The van der Waals surface area contributed by atoms with Crippen LogP contribution in [-0.2, 0) is 4.74 Å². The molecule has 1 heterocycles. The Morgan fingerprint density at radius 1 is 1.44 bits per heavy atom. The third-order valence-corrected chi connectivity index (χ3v) is 3.00. The number of hydrogen-bond donors (Lipinski definition) is 0. The fourth-order valence-corrected chi connectivity index (χ4v) is 2.21. The highest BCUT2D eigenvalue weighted by atomic mass is 35.5. The van der Waals surface area contributed by atoms with E-state index in [1.54, 1.807) is 12.1 Å². The summed E-state index contributed by atoms with van der Waals surface area (Å²) in [5.74, 6) is 0. The predicted octanol–water partition coefficient (Wildman–Crippen LogP) is 2.72. The first-order valence-electron chi connectivity index (χ1n) is 4.92. The molecule has 0 amide bonds. The molecule has 0 radical (unpaired) electrons. The van der Waals surface area contributed by atoms with Gasteiger partial charge in [-0.25, -0.2) is 0 Å². The maximum absolute atomic E-state index is 8.81. The minimum atomic E-state index is -0.388. The molecule has 1 aromatic carbocycles. The van der Waals surface area contributed by atoms with Gasteiger partial charge in [-0.05, 0) is 18.2 Å². The molecule has 1 saturated heterocycles. The normalized spacial score (nSPS) is 20.6. The van der Waals surface area contributed by atoms with E-state index in [0.29, 0.717) is 23.2 Å². The van der Waals surface area contributed by atoms with E-state index in [1.165, 1.54) is 0 Å². The average molecular weight is 257 g/mol. The zero-order valence-electron chi connectivity index (χ0n) is 8.49. The molecule has 0 saturated carbocycles. The van der Waals surface area contributed by atoms with E-state index in [4.69, 9.17) is 33.2 Å². The summed E-state index contributed by atoms with van der Waals surface area (Å²) in [7, 11) is 0. The molecule has 2 rings (SSSR count). The molecule has 1 unspecified atom stereocenters. The number of nitriles is 1. The van der Waals surface area contributed by atoms with E-state index in [-0.39, 0.29) is 6.10 Å². The average Bonchev–Trinajstić information content (AvgIpc) is 2.29. The third kappa shape index (κ3) is 2.41. The Bertz CT molecular complexity index is 430. The summed E-state index contributed by atoms with van der Waals surface area (Å²) in [6.07, 6.45) is -0.388. The summed E-state index contributed by atoms with van der Waals surface area (Å²) in [6, 6.07) is 7.46. The fourth-order valence-electron chi connectivity index (χ4n) is 1.68. The molecular weight excluding hydrogens is 247 g/mol. The zero-order chi connectivity index (χ0) is 11.5. The summed E-state index contributed by atoms with van der Waals surface area (Å²) in [6.45, 7) is 1.81. The second kappa shape index (κ2) is 4.92. The maximum atomic E-state index is 8.81. The molecule has 1 fully saturated rings. The number of morpholine rings is 1. The minimum Gasteiger partial charge on any atom is -0.364 e. The summed E-state index contributed by atoms with van der Waals surface area (Å²) in [5, 5.41) is 10.0. The number of nitrogens with zero attached hydrogens (tertiary/aromatic N) is 2. The molecule has 0 aromatic heterocycles. The van der Waals surface area contributed by atoms with Crippen LogP contribution < -0.4 is 4.90 Å². The molecule has 0 aliphatic carbocycles. The lowest BCUT2D eigenvalue weighted by Gasteiger charge is -2.32. The van der Waals surface area contributed by atoms with Crippen molar-refractivity contribution < 1.29 is 4.74 Å². The summed E-state index contributed by atoms with van der Waals surface area (Å²) in [4.78, 5) is 2.04. The predicted molar refractivity (Wildman–Crippen MR) is 64.0 cm³/mol. The molecule has 1 atom stereocenters. The Labute approximate surface area is 104 Å². The lowest BCUT2D eigenvalue weighted by molar-refractivity contribution is 0.0765. The molecule has 5 heteroatoms. The molecule has 16 heavy (non-hydrogen) atoms. The number of anilines is 1. The van der Waals surface area contributed by atoms with Gasteiger partial charge < -0.3 is 9.64 Å². The Kier molecular flexibility index (Phi) is 3.55. The van der Waals surface area contributed by atoms with Crippen molar-refractivity contribution in [2.75, 3.05) is 24.6 Å². The van der Waals surface area contributed by atoms with E-state index in [1.807, 2.05) is 11.0 Å².